The lowest BCUT2D eigenvalue weighted by Crippen LogP contribution is -2.08. The minimum atomic E-state index is -2.12. The molecule has 0 aromatic heterocycles. The van der Waals surface area contributed by atoms with Crippen LogP contribution in [0.15, 0.2) is 30.3 Å². The SMILES string of the molecule is O=[P+](O)CCP(CC[P+](=O)O)c1ccccc1. The third-order valence-corrected chi connectivity index (χ3v) is 6.72. The summed E-state index contributed by atoms with van der Waals surface area (Å²) in [7, 11) is -4.85. The molecule has 1 aromatic rings. The van der Waals surface area contributed by atoms with E-state index >= 15 is 0 Å². The van der Waals surface area contributed by atoms with Crippen molar-refractivity contribution in [2.75, 3.05) is 24.6 Å². The van der Waals surface area contributed by atoms with Crippen LogP contribution in [0.25, 0.3) is 0 Å². The highest BCUT2D eigenvalue weighted by atomic mass is 31.1. The maximum atomic E-state index is 10.7. The number of benzene rings is 1. The van der Waals surface area contributed by atoms with Crippen molar-refractivity contribution in [3.8, 4) is 0 Å². The van der Waals surface area contributed by atoms with Crippen molar-refractivity contribution in [2.45, 2.75) is 0 Å². The summed E-state index contributed by atoms with van der Waals surface area (Å²) >= 11 is 0. The Balaban J connectivity index is 2.64. The van der Waals surface area contributed by atoms with E-state index in [2.05, 4.69) is 0 Å². The van der Waals surface area contributed by atoms with E-state index in [-0.39, 0.29) is 12.3 Å². The lowest BCUT2D eigenvalue weighted by molar-refractivity contribution is 0.503. The molecule has 0 heterocycles. The Bertz CT molecular complexity index is 364. The Morgan fingerprint density at radius 3 is 1.82 bits per heavy atom. The van der Waals surface area contributed by atoms with E-state index in [1.54, 1.807) is 0 Å². The first-order chi connectivity index (χ1) is 8.09. The zero-order valence-electron chi connectivity index (χ0n) is 9.27. The van der Waals surface area contributed by atoms with Crippen LogP contribution in [0.2, 0.25) is 0 Å². The number of hydrogen-bond acceptors (Lipinski definition) is 2. The van der Waals surface area contributed by atoms with Crippen LogP contribution in [0, 0.1) is 0 Å². The van der Waals surface area contributed by atoms with Gasteiger partial charge in [0.05, 0.1) is 0 Å². The summed E-state index contributed by atoms with van der Waals surface area (Å²) in [6, 6.07) is 9.70. The van der Waals surface area contributed by atoms with Gasteiger partial charge in [-0.3, -0.25) is 0 Å². The first-order valence-corrected chi connectivity index (χ1v) is 9.67. The standard InChI is InChI=1S/C10H13O4P3/c11-16(12)8-6-15(7-9-17(13)14)10-4-2-1-3-5-10/h1-5H,6-9H2/p+2. The predicted octanol–water partition coefficient (Wildman–Crippen LogP) is 2.26. The van der Waals surface area contributed by atoms with Gasteiger partial charge in [-0.1, -0.05) is 38.3 Å². The summed E-state index contributed by atoms with van der Waals surface area (Å²) in [5, 5.41) is 1.12. The highest BCUT2D eigenvalue weighted by Gasteiger charge is 2.21. The summed E-state index contributed by atoms with van der Waals surface area (Å²) < 4.78 is 21.4. The van der Waals surface area contributed by atoms with Gasteiger partial charge in [0.1, 0.15) is 0 Å². The molecule has 1 aromatic carbocycles. The average molecular weight is 292 g/mol. The van der Waals surface area contributed by atoms with Crippen molar-refractivity contribution in [1.29, 1.82) is 0 Å². The van der Waals surface area contributed by atoms with Gasteiger partial charge in [-0.15, -0.1) is 0 Å². The molecule has 4 nitrogen and oxygen atoms in total. The molecule has 0 radical (unpaired) electrons. The zero-order chi connectivity index (χ0) is 12.7. The van der Waals surface area contributed by atoms with Crippen molar-refractivity contribution in [3.63, 3.8) is 0 Å². The highest BCUT2D eigenvalue weighted by molar-refractivity contribution is 7.66. The van der Waals surface area contributed by atoms with Crippen molar-refractivity contribution in [1.82, 2.24) is 0 Å². The topological polar surface area (TPSA) is 74.6 Å². The van der Waals surface area contributed by atoms with Gasteiger partial charge in [-0.2, -0.15) is 9.79 Å². The first-order valence-electron chi connectivity index (χ1n) is 5.16. The monoisotopic (exact) mass is 292 g/mol. The molecule has 0 aliphatic rings. The van der Waals surface area contributed by atoms with E-state index in [0.717, 1.165) is 5.30 Å². The second-order valence-electron chi connectivity index (χ2n) is 3.47. The molecule has 0 spiro atoms. The van der Waals surface area contributed by atoms with Crippen LogP contribution in [-0.4, -0.2) is 34.4 Å². The van der Waals surface area contributed by atoms with Crippen LogP contribution < -0.4 is 5.30 Å². The van der Waals surface area contributed by atoms with Crippen molar-refractivity contribution >= 4 is 29.3 Å². The van der Waals surface area contributed by atoms with Gasteiger partial charge in [0.25, 0.3) is 0 Å². The summed E-state index contributed by atoms with van der Waals surface area (Å²) in [5.41, 5.74) is 0. The molecule has 17 heavy (non-hydrogen) atoms. The molecule has 92 valence electrons. The van der Waals surface area contributed by atoms with Gasteiger partial charge in [0.2, 0.25) is 0 Å². The third-order valence-electron chi connectivity index (χ3n) is 2.24. The fourth-order valence-electron chi connectivity index (χ4n) is 1.42. The number of rotatable bonds is 7. The Kier molecular flexibility index (Phi) is 6.96. The Labute approximate surface area is 104 Å². The lowest BCUT2D eigenvalue weighted by atomic mass is 10.4. The molecule has 0 bridgehead atoms. The van der Waals surface area contributed by atoms with Crippen molar-refractivity contribution < 1.29 is 18.9 Å². The minimum Gasteiger partial charge on any atom is -0.161 e. The van der Waals surface area contributed by atoms with Crippen LogP contribution in [0.4, 0.5) is 0 Å². The molecule has 2 N–H and O–H groups in total. The fraction of sp³-hybridized carbons (Fsp3) is 0.400. The van der Waals surface area contributed by atoms with Crippen LogP contribution in [0.1, 0.15) is 0 Å². The van der Waals surface area contributed by atoms with Gasteiger partial charge in [-0.05, 0) is 14.4 Å². The van der Waals surface area contributed by atoms with Gasteiger partial charge in [0, 0.05) is 12.3 Å². The molecule has 0 amide bonds. The van der Waals surface area contributed by atoms with Gasteiger partial charge in [0.15, 0.2) is 12.3 Å². The summed E-state index contributed by atoms with van der Waals surface area (Å²) in [5.74, 6) is 0. The quantitative estimate of drug-likeness (QED) is 0.756. The largest absolute Gasteiger partial charge is 0.505 e. The molecular weight excluding hydrogens is 277 g/mol. The Hall–Kier alpha value is -0.230. The lowest BCUT2D eigenvalue weighted by Gasteiger charge is -2.12. The average Bonchev–Trinajstić information content (AvgIpc) is 2.29. The predicted molar refractivity (Wildman–Crippen MR) is 72.1 cm³/mol. The molecule has 0 fully saturated rings. The molecule has 2 atom stereocenters. The molecule has 7 heteroatoms. The zero-order valence-corrected chi connectivity index (χ0v) is 12.0. The van der Waals surface area contributed by atoms with E-state index in [9.17, 15) is 9.13 Å². The van der Waals surface area contributed by atoms with Crippen molar-refractivity contribution in [2.24, 2.45) is 0 Å². The van der Waals surface area contributed by atoms with E-state index in [1.807, 2.05) is 30.3 Å². The van der Waals surface area contributed by atoms with Gasteiger partial charge >= 0.3 is 16.1 Å². The third kappa shape index (κ3) is 6.31. The van der Waals surface area contributed by atoms with Gasteiger partial charge in [-0.25, -0.2) is 0 Å². The van der Waals surface area contributed by atoms with E-state index in [1.165, 1.54) is 0 Å². The van der Waals surface area contributed by atoms with Crippen LogP contribution in [-0.2, 0) is 9.13 Å². The van der Waals surface area contributed by atoms with Crippen LogP contribution >= 0.6 is 24.0 Å². The second-order valence-corrected chi connectivity index (χ2v) is 8.27. The highest BCUT2D eigenvalue weighted by Crippen LogP contribution is 2.38. The summed E-state index contributed by atoms with van der Waals surface area (Å²) in [6.07, 6.45) is 1.79. The Morgan fingerprint density at radius 2 is 1.41 bits per heavy atom. The molecule has 0 saturated heterocycles. The van der Waals surface area contributed by atoms with Gasteiger partial charge < -0.3 is 0 Å². The van der Waals surface area contributed by atoms with E-state index < -0.39 is 24.0 Å². The first kappa shape index (κ1) is 14.8. The van der Waals surface area contributed by atoms with Crippen LogP contribution in [0.3, 0.4) is 0 Å². The smallest absolute Gasteiger partial charge is 0.161 e. The number of hydrogen-bond donors (Lipinski definition) is 2. The Morgan fingerprint density at radius 1 is 0.941 bits per heavy atom. The summed E-state index contributed by atoms with van der Waals surface area (Å²) in [4.78, 5) is 17.7. The maximum absolute atomic E-state index is 10.7. The fourth-order valence-corrected chi connectivity index (χ4v) is 6.06. The minimum absolute atomic E-state index is 0.262. The van der Waals surface area contributed by atoms with E-state index in [4.69, 9.17) is 9.79 Å². The normalized spacial score (nSPS) is 14.2. The molecular formula is C10H15O4P3+2. The molecule has 0 aliphatic carbocycles. The van der Waals surface area contributed by atoms with Crippen molar-refractivity contribution in [3.05, 3.63) is 30.3 Å². The molecule has 0 aliphatic heterocycles. The van der Waals surface area contributed by atoms with E-state index in [0.29, 0.717) is 12.3 Å². The molecule has 0 saturated carbocycles. The summed E-state index contributed by atoms with van der Waals surface area (Å²) in [6.45, 7) is 0. The maximum Gasteiger partial charge on any atom is 0.505 e. The van der Waals surface area contributed by atoms with Crippen LogP contribution in [0.5, 0.6) is 0 Å². The molecule has 1 rings (SSSR count). The molecule has 2 unspecified atom stereocenters. The second kappa shape index (κ2) is 7.97.